The number of aromatic nitrogens is 1. The standard InChI is InChI=1S/C21H25N3O3/c25-17-10-15(11-17)21(16-9-14-5-1-2-6-18(14)22-12-16)23-19(26)13-24-8-4-3-7-20(24)27/h1-2,5-6,9,12,15,17,21,25H,3-4,7-8,10-11,13H2,(H,23,26)/t15?,17?,21-/m1/s1. The number of nitrogens with one attached hydrogen (secondary N) is 1. The van der Waals surface area contributed by atoms with Crippen LogP contribution in [0, 0.1) is 5.92 Å². The second kappa shape index (κ2) is 7.64. The maximum absolute atomic E-state index is 12.6. The number of carbonyl (C=O) groups excluding carboxylic acids is 2. The minimum Gasteiger partial charge on any atom is -0.393 e. The molecule has 1 aromatic carbocycles. The molecule has 2 N–H and O–H groups in total. The highest BCUT2D eigenvalue weighted by atomic mass is 16.3. The van der Waals surface area contributed by atoms with E-state index in [9.17, 15) is 14.7 Å². The molecule has 1 atom stereocenters. The highest BCUT2D eigenvalue weighted by Crippen LogP contribution is 2.38. The molecule has 2 fully saturated rings. The molecule has 1 saturated heterocycles. The van der Waals surface area contributed by atoms with Gasteiger partial charge >= 0.3 is 0 Å². The summed E-state index contributed by atoms with van der Waals surface area (Å²) in [6.45, 7) is 0.752. The van der Waals surface area contributed by atoms with Crippen molar-refractivity contribution < 1.29 is 14.7 Å². The highest BCUT2D eigenvalue weighted by Gasteiger charge is 2.36. The van der Waals surface area contributed by atoms with Crippen molar-refractivity contribution in [2.75, 3.05) is 13.1 Å². The maximum Gasteiger partial charge on any atom is 0.240 e. The normalized spacial score (nSPS) is 23.7. The summed E-state index contributed by atoms with van der Waals surface area (Å²) < 4.78 is 0. The van der Waals surface area contributed by atoms with Crippen LogP contribution in [0.5, 0.6) is 0 Å². The molecule has 27 heavy (non-hydrogen) atoms. The van der Waals surface area contributed by atoms with Crippen LogP contribution < -0.4 is 5.32 Å². The van der Waals surface area contributed by atoms with Crippen molar-refractivity contribution in [2.45, 2.75) is 44.2 Å². The number of benzene rings is 1. The van der Waals surface area contributed by atoms with E-state index in [1.165, 1.54) is 0 Å². The van der Waals surface area contributed by atoms with E-state index < -0.39 is 0 Å². The lowest BCUT2D eigenvalue weighted by Crippen LogP contribution is -2.47. The van der Waals surface area contributed by atoms with Gasteiger partial charge in [-0.25, -0.2) is 0 Å². The quantitative estimate of drug-likeness (QED) is 0.849. The summed E-state index contributed by atoms with van der Waals surface area (Å²) in [5.74, 6) is 0.0909. The number of para-hydroxylation sites is 1. The van der Waals surface area contributed by atoms with Crippen molar-refractivity contribution in [1.82, 2.24) is 15.2 Å². The lowest BCUT2D eigenvalue weighted by atomic mass is 9.75. The van der Waals surface area contributed by atoms with Gasteiger partial charge in [0.1, 0.15) is 0 Å². The van der Waals surface area contributed by atoms with Crippen molar-refractivity contribution >= 4 is 22.7 Å². The number of likely N-dealkylation sites (tertiary alicyclic amines) is 1. The van der Waals surface area contributed by atoms with Crippen LogP contribution in [-0.4, -0.2) is 46.0 Å². The average Bonchev–Trinajstić information content (AvgIpc) is 2.65. The summed E-state index contributed by atoms with van der Waals surface area (Å²) in [5, 5.41) is 13.9. The molecule has 4 rings (SSSR count). The predicted molar refractivity (Wildman–Crippen MR) is 102 cm³/mol. The van der Waals surface area contributed by atoms with Gasteiger partial charge in [-0.05, 0) is 49.3 Å². The molecule has 2 aliphatic rings. The van der Waals surface area contributed by atoms with Crippen LogP contribution in [-0.2, 0) is 9.59 Å². The van der Waals surface area contributed by atoms with Gasteiger partial charge in [0.15, 0.2) is 0 Å². The van der Waals surface area contributed by atoms with Crippen LogP contribution in [0.2, 0.25) is 0 Å². The third-order valence-electron chi connectivity index (χ3n) is 5.66. The van der Waals surface area contributed by atoms with Gasteiger partial charge in [-0.1, -0.05) is 18.2 Å². The lowest BCUT2D eigenvalue weighted by Gasteiger charge is -2.38. The molecule has 6 nitrogen and oxygen atoms in total. The molecule has 6 heteroatoms. The second-order valence-corrected chi connectivity index (χ2v) is 7.66. The van der Waals surface area contributed by atoms with Crippen molar-refractivity contribution in [2.24, 2.45) is 5.92 Å². The number of carbonyl (C=O) groups is 2. The van der Waals surface area contributed by atoms with Crippen molar-refractivity contribution in [3.8, 4) is 0 Å². The maximum atomic E-state index is 12.6. The molecule has 2 heterocycles. The molecule has 142 valence electrons. The Labute approximate surface area is 158 Å². The van der Waals surface area contributed by atoms with Crippen LogP contribution in [0.15, 0.2) is 36.5 Å². The van der Waals surface area contributed by atoms with Gasteiger partial charge in [-0.2, -0.15) is 0 Å². The monoisotopic (exact) mass is 367 g/mol. The molecule has 1 saturated carbocycles. The zero-order chi connectivity index (χ0) is 18.8. The molecule has 0 bridgehead atoms. The summed E-state index contributed by atoms with van der Waals surface area (Å²) in [5.41, 5.74) is 1.86. The highest BCUT2D eigenvalue weighted by molar-refractivity contribution is 5.85. The van der Waals surface area contributed by atoms with Crippen LogP contribution in [0.25, 0.3) is 10.9 Å². The number of aliphatic hydroxyl groups is 1. The Kier molecular flexibility index (Phi) is 5.07. The van der Waals surface area contributed by atoms with E-state index in [1.807, 2.05) is 30.5 Å². The average molecular weight is 367 g/mol. The zero-order valence-electron chi connectivity index (χ0n) is 15.3. The molecule has 1 aliphatic carbocycles. The number of hydrogen-bond donors (Lipinski definition) is 2. The number of aliphatic hydroxyl groups excluding tert-OH is 1. The van der Waals surface area contributed by atoms with Crippen LogP contribution in [0.1, 0.15) is 43.7 Å². The van der Waals surface area contributed by atoms with E-state index in [1.54, 1.807) is 4.90 Å². The number of amides is 2. The van der Waals surface area contributed by atoms with Gasteiger partial charge in [0.05, 0.1) is 24.2 Å². The first-order valence-electron chi connectivity index (χ1n) is 9.70. The van der Waals surface area contributed by atoms with Crippen molar-refractivity contribution in [3.05, 3.63) is 42.1 Å². The minimum absolute atomic E-state index is 0.0550. The topological polar surface area (TPSA) is 82.5 Å². The summed E-state index contributed by atoms with van der Waals surface area (Å²) in [6.07, 6.45) is 5.23. The molecule has 2 amide bonds. The third-order valence-corrected chi connectivity index (χ3v) is 5.66. The zero-order valence-corrected chi connectivity index (χ0v) is 15.3. The van der Waals surface area contributed by atoms with E-state index in [0.29, 0.717) is 25.8 Å². The Bertz CT molecular complexity index is 847. The van der Waals surface area contributed by atoms with E-state index in [-0.39, 0.29) is 36.4 Å². The van der Waals surface area contributed by atoms with Crippen molar-refractivity contribution in [3.63, 3.8) is 0 Å². The van der Waals surface area contributed by atoms with E-state index in [4.69, 9.17) is 0 Å². The van der Waals surface area contributed by atoms with Crippen LogP contribution >= 0.6 is 0 Å². The molecule has 0 unspecified atom stereocenters. The molecular weight excluding hydrogens is 342 g/mol. The van der Waals surface area contributed by atoms with Crippen molar-refractivity contribution in [1.29, 1.82) is 0 Å². The molecule has 0 spiro atoms. The molecular formula is C21H25N3O3. The SMILES string of the molecule is O=C(CN1CCCCC1=O)N[C@@H](c1cnc2ccccc2c1)C1CC(O)C1. The molecule has 1 aliphatic heterocycles. The first-order chi connectivity index (χ1) is 13.1. The number of pyridine rings is 1. The first-order valence-corrected chi connectivity index (χ1v) is 9.70. The predicted octanol–water partition coefficient (Wildman–Crippen LogP) is 2.18. The number of nitrogens with zero attached hydrogens (tertiary/aromatic N) is 2. The van der Waals surface area contributed by atoms with Crippen LogP contribution in [0.3, 0.4) is 0 Å². The Morgan fingerprint density at radius 2 is 2.11 bits per heavy atom. The Balaban J connectivity index is 1.51. The molecule has 1 aromatic heterocycles. The van der Waals surface area contributed by atoms with E-state index in [0.717, 1.165) is 29.3 Å². The number of piperidine rings is 1. The summed E-state index contributed by atoms with van der Waals surface area (Å²) in [7, 11) is 0. The van der Waals surface area contributed by atoms with Gasteiger partial charge in [0.25, 0.3) is 0 Å². The Hall–Kier alpha value is -2.47. The lowest BCUT2D eigenvalue weighted by molar-refractivity contribution is -0.138. The summed E-state index contributed by atoms with van der Waals surface area (Å²) in [4.78, 5) is 30.8. The first kappa shape index (κ1) is 17.9. The fraction of sp³-hybridized carbons (Fsp3) is 0.476. The third kappa shape index (κ3) is 3.95. The Morgan fingerprint density at radius 1 is 1.30 bits per heavy atom. The van der Waals surface area contributed by atoms with Gasteiger partial charge in [-0.15, -0.1) is 0 Å². The van der Waals surface area contributed by atoms with E-state index in [2.05, 4.69) is 16.4 Å². The van der Waals surface area contributed by atoms with Gasteiger partial charge in [-0.3, -0.25) is 14.6 Å². The smallest absolute Gasteiger partial charge is 0.240 e. The van der Waals surface area contributed by atoms with Crippen LogP contribution in [0.4, 0.5) is 0 Å². The van der Waals surface area contributed by atoms with Gasteiger partial charge in [0, 0.05) is 24.5 Å². The number of hydrogen-bond acceptors (Lipinski definition) is 4. The second-order valence-electron chi connectivity index (χ2n) is 7.66. The largest absolute Gasteiger partial charge is 0.393 e. The molecule has 2 aromatic rings. The van der Waals surface area contributed by atoms with Gasteiger partial charge < -0.3 is 15.3 Å². The number of rotatable bonds is 5. The summed E-state index contributed by atoms with van der Waals surface area (Å²) >= 11 is 0. The van der Waals surface area contributed by atoms with Gasteiger partial charge in [0.2, 0.25) is 11.8 Å². The molecule has 0 radical (unpaired) electrons. The fourth-order valence-electron chi connectivity index (χ4n) is 4.05. The number of fused-ring (bicyclic) bond motifs is 1. The fourth-order valence-corrected chi connectivity index (χ4v) is 4.05. The summed E-state index contributed by atoms with van der Waals surface area (Å²) in [6, 6.07) is 9.75. The minimum atomic E-state index is -0.300. The Morgan fingerprint density at radius 3 is 2.89 bits per heavy atom. The van der Waals surface area contributed by atoms with E-state index >= 15 is 0 Å².